The van der Waals surface area contributed by atoms with E-state index in [-0.39, 0.29) is 6.10 Å². The molecule has 3 heteroatoms. The maximum absolute atomic E-state index is 5.57. The fraction of sp³-hybridized carbons (Fsp3) is 0.909. The van der Waals surface area contributed by atoms with Gasteiger partial charge in [-0.3, -0.25) is 0 Å². The predicted molar refractivity (Wildman–Crippen MR) is 65.6 cm³/mol. The molecule has 2 N–H and O–H groups in total. The first-order chi connectivity index (χ1) is 6.72. The Balaban J connectivity index is 3.29. The van der Waals surface area contributed by atoms with Gasteiger partial charge in [0.15, 0.2) is 0 Å². The zero-order valence-electron chi connectivity index (χ0n) is 9.42. The fourth-order valence-corrected chi connectivity index (χ4v) is 1.57. The molecule has 0 aliphatic carbocycles. The summed E-state index contributed by atoms with van der Waals surface area (Å²) < 4.78 is 5.57. The van der Waals surface area contributed by atoms with Crippen LogP contribution in [0.3, 0.4) is 0 Å². The molecule has 14 heavy (non-hydrogen) atoms. The Morgan fingerprint density at radius 1 is 1.21 bits per heavy atom. The van der Waals surface area contributed by atoms with Crippen molar-refractivity contribution in [3.63, 3.8) is 0 Å². The van der Waals surface area contributed by atoms with E-state index in [1.807, 2.05) is 6.92 Å². The summed E-state index contributed by atoms with van der Waals surface area (Å²) in [6.07, 6.45) is 7.16. The zero-order chi connectivity index (χ0) is 10.8. The Kier molecular flexibility index (Phi) is 9.31. The summed E-state index contributed by atoms with van der Waals surface area (Å²) in [5.41, 5.74) is 5.52. The average Bonchev–Trinajstić information content (AvgIpc) is 2.16. The first kappa shape index (κ1) is 13.8. The molecule has 1 atom stereocenters. The molecule has 0 radical (unpaired) electrons. The number of ether oxygens (including phenoxy) is 1. The van der Waals surface area contributed by atoms with Crippen LogP contribution in [0.2, 0.25) is 0 Å². The smallest absolute Gasteiger partial charge is 0.107 e. The quantitative estimate of drug-likeness (QED) is 0.476. The van der Waals surface area contributed by atoms with Crippen LogP contribution < -0.4 is 5.73 Å². The van der Waals surface area contributed by atoms with Gasteiger partial charge in [-0.25, -0.2) is 0 Å². The molecule has 2 nitrogen and oxygen atoms in total. The second-order valence-corrected chi connectivity index (χ2v) is 4.06. The SMILES string of the molecule is CCCCCCCOC(CC)C(N)=S. The predicted octanol–water partition coefficient (Wildman–Crippen LogP) is 3.04. The largest absolute Gasteiger partial charge is 0.391 e. The number of unbranched alkanes of at least 4 members (excludes halogenated alkanes) is 4. The molecule has 0 aliphatic heterocycles. The molecule has 0 saturated carbocycles. The summed E-state index contributed by atoms with van der Waals surface area (Å²) in [4.78, 5) is 0.487. The van der Waals surface area contributed by atoms with Crippen LogP contribution in [0.15, 0.2) is 0 Å². The molecule has 0 aromatic rings. The topological polar surface area (TPSA) is 35.2 Å². The third-order valence-corrected chi connectivity index (χ3v) is 2.52. The van der Waals surface area contributed by atoms with Crippen molar-refractivity contribution in [3.05, 3.63) is 0 Å². The van der Waals surface area contributed by atoms with Crippen LogP contribution in [0.25, 0.3) is 0 Å². The Morgan fingerprint density at radius 3 is 2.36 bits per heavy atom. The van der Waals surface area contributed by atoms with Gasteiger partial charge in [-0.05, 0) is 12.8 Å². The normalized spacial score (nSPS) is 12.7. The van der Waals surface area contributed by atoms with Crippen molar-refractivity contribution in [1.29, 1.82) is 0 Å². The van der Waals surface area contributed by atoms with E-state index in [0.717, 1.165) is 19.4 Å². The van der Waals surface area contributed by atoms with Gasteiger partial charge in [0, 0.05) is 6.61 Å². The highest BCUT2D eigenvalue weighted by molar-refractivity contribution is 7.80. The molecular formula is C11H23NOS. The maximum atomic E-state index is 5.57. The molecular weight excluding hydrogens is 194 g/mol. The van der Waals surface area contributed by atoms with Gasteiger partial charge >= 0.3 is 0 Å². The van der Waals surface area contributed by atoms with Crippen molar-refractivity contribution in [2.45, 2.75) is 58.5 Å². The lowest BCUT2D eigenvalue weighted by Gasteiger charge is -2.13. The molecule has 0 aliphatic rings. The highest BCUT2D eigenvalue weighted by Gasteiger charge is 2.08. The van der Waals surface area contributed by atoms with Crippen molar-refractivity contribution >= 4 is 17.2 Å². The van der Waals surface area contributed by atoms with Crippen LogP contribution in [0.4, 0.5) is 0 Å². The van der Waals surface area contributed by atoms with Crippen LogP contribution in [-0.2, 0) is 4.74 Å². The fourth-order valence-electron chi connectivity index (χ4n) is 1.33. The van der Waals surface area contributed by atoms with Crippen molar-refractivity contribution in [3.8, 4) is 0 Å². The Bertz CT molecular complexity index is 150. The third-order valence-electron chi connectivity index (χ3n) is 2.26. The van der Waals surface area contributed by atoms with Crippen LogP contribution in [-0.4, -0.2) is 17.7 Å². The molecule has 1 unspecified atom stereocenters. The minimum atomic E-state index is -0.0174. The van der Waals surface area contributed by atoms with Crippen molar-refractivity contribution in [2.75, 3.05) is 6.61 Å². The van der Waals surface area contributed by atoms with E-state index in [1.54, 1.807) is 0 Å². The second-order valence-electron chi connectivity index (χ2n) is 3.58. The van der Waals surface area contributed by atoms with E-state index >= 15 is 0 Å². The monoisotopic (exact) mass is 217 g/mol. The number of hydrogen-bond donors (Lipinski definition) is 1. The van der Waals surface area contributed by atoms with Crippen molar-refractivity contribution in [1.82, 2.24) is 0 Å². The Morgan fingerprint density at radius 2 is 1.86 bits per heavy atom. The molecule has 0 aromatic carbocycles. The van der Waals surface area contributed by atoms with E-state index in [2.05, 4.69) is 6.92 Å². The number of hydrogen-bond acceptors (Lipinski definition) is 2. The van der Waals surface area contributed by atoms with Gasteiger partial charge in [0.1, 0.15) is 11.1 Å². The number of rotatable bonds is 9. The molecule has 0 spiro atoms. The van der Waals surface area contributed by atoms with Gasteiger partial charge in [-0.15, -0.1) is 0 Å². The first-order valence-corrected chi connectivity index (χ1v) is 6.04. The second kappa shape index (κ2) is 9.41. The van der Waals surface area contributed by atoms with E-state index in [9.17, 15) is 0 Å². The average molecular weight is 217 g/mol. The summed E-state index contributed by atoms with van der Waals surface area (Å²) in [5.74, 6) is 0. The van der Waals surface area contributed by atoms with Crippen LogP contribution in [0.1, 0.15) is 52.4 Å². The van der Waals surface area contributed by atoms with Crippen LogP contribution in [0, 0.1) is 0 Å². The molecule has 0 aromatic heterocycles. The van der Waals surface area contributed by atoms with E-state index in [1.165, 1.54) is 25.7 Å². The standard InChI is InChI=1S/C11H23NOS/c1-3-5-6-7-8-9-13-10(4-2)11(12)14/h10H,3-9H2,1-2H3,(H2,12,14). The van der Waals surface area contributed by atoms with Gasteiger partial charge in [-0.1, -0.05) is 51.7 Å². The molecule has 0 saturated heterocycles. The summed E-state index contributed by atoms with van der Waals surface area (Å²) >= 11 is 4.89. The minimum Gasteiger partial charge on any atom is -0.391 e. The number of nitrogens with two attached hydrogens (primary N) is 1. The van der Waals surface area contributed by atoms with Gasteiger partial charge in [-0.2, -0.15) is 0 Å². The lowest BCUT2D eigenvalue weighted by molar-refractivity contribution is 0.0926. The highest BCUT2D eigenvalue weighted by Crippen LogP contribution is 2.05. The molecule has 0 rings (SSSR count). The van der Waals surface area contributed by atoms with E-state index in [0.29, 0.717) is 4.99 Å². The first-order valence-electron chi connectivity index (χ1n) is 5.63. The molecule has 0 amide bonds. The summed E-state index contributed by atoms with van der Waals surface area (Å²) in [5, 5.41) is 0. The molecule has 84 valence electrons. The van der Waals surface area contributed by atoms with Crippen molar-refractivity contribution < 1.29 is 4.74 Å². The van der Waals surface area contributed by atoms with E-state index in [4.69, 9.17) is 22.7 Å². The lowest BCUT2D eigenvalue weighted by atomic mass is 10.2. The summed E-state index contributed by atoms with van der Waals surface area (Å²) in [7, 11) is 0. The van der Waals surface area contributed by atoms with Crippen LogP contribution in [0.5, 0.6) is 0 Å². The minimum absolute atomic E-state index is 0.0174. The molecule has 0 fully saturated rings. The summed E-state index contributed by atoms with van der Waals surface area (Å²) in [6.45, 7) is 5.05. The van der Waals surface area contributed by atoms with Gasteiger partial charge in [0.05, 0.1) is 0 Å². The highest BCUT2D eigenvalue weighted by atomic mass is 32.1. The van der Waals surface area contributed by atoms with Crippen LogP contribution >= 0.6 is 12.2 Å². The Labute approximate surface area is 93.2 Å². The molecule has 0 heterocycles. The Hall–Kier alpha value is -0.150. The third kappa shape index (κ3) is 7.27. The van der Waals surface area contributed by atoms with Gasteiger partial charge in [0.25, 0.3) is 0 Å². The van der Waals surface area contributed by atoms with Gasteiger partial charge in [0.2, 0.25) is 0 Å². The summed E-state index contributed by atoms with van der Waals surface area (Å²) in [6, 6.07) is 0. The van der Waals surface area contributed by atoms with Crippen molar-refractivity contribution in [2.24, 2.45) is 5.73 Å². The number of thiocarbonyl (C=S) groups is 1. The lowest BCUT2D eigenvalue weighted by Crippen LogP contribution is -2.29. The maximum Gasteiger partial charge on any atom is 0.107 e. The van der Waals surface area contributed by atoms with Gasteiger partial charge < -0.3 is 10.5 Å². The van der Waals surface area contributed by atoms with E-state index < -0.39 is 0 Å². The molecule has 0 bridgehead atoms. The zero-order valence-corrected chi connectivity index (χ0v) is 10.2.